The van der Waals surface area contributed by atoms with Crippen LogP contribution in [0, 0.1) is 0 Å². The highest BCUT2D eigenvalue weighted by atomic mass is 19.3. The van der Waals surface area contributed by atoms with E-state index in [9.17, 15) is 23.5 Å². The van der Waals surface area contributed by atoms with Crippen LogP contribution in [0.15, 0.2) is 18.2 Å². The molecule has 9 heteroatoms. The SMILES string of the molecule is COC(=O)c1ccc(OCCCC(F)(F)CN2CCC(O)CC2)cc1C(=O)OC. The molecular weight excluding hydrogens is 388 g/mol. The first kappa shape index (κ1) is 23.0. The topological polar surface area (TPSA) is 85.3 Å². The number of esters is 2. The predicted molar refractivity (Wildman–Crippen MR) is 100 cm³/mol. The number of likely N-dealkylation sites (tertiary alicyclic amines) is 1. The Morgan fingerprint density at radius 3 is 2.38 bits per heavy atom. The molecule has 0 unspecified atom stereocenters. The number of hydrogen-bond donors (Lipinski definition) is 1. The smallest absolute Gasteiger partial charge is 0.338 e. The van der Waals surface area contributed by atoms with Crippen LogP contribution in [-0.2, 0) is 9.47 Å². The summed E-state index contributed by atoms with van der Waals surface area (Å²) in [4.78, 5) is 25.3. The summed E-state index contributed by atoms with van der Waals surface area (Å²) >= 11 is 0. The van der Waals surface area contributed by atoms with Crippen molar-refractivity contribution in [3.05, 3.63) is 29.3 Å². The summed E-state index contributed by atoms with van der Waals surface area (Å²) in [7, 11) is 2.38. The van der Waals surface area contributed by atoms with Gasteiger partial charge in [0, 0.05) is 19.5 Å². The van der Waals surface area contributed by atoms with Crippen molar-refractivity contribution in [1.29, 1.82) is 0 Å². The zero-order chi connectivity index (χ0) is 21.4. The fourth-order valence-corrected chi connectivity index (χ4v) is 3.18. The molecular formula is C20H27F2NO6. The van der Waals surface area contributed by atoms with Crippen molar-refractivity contribution in [2.75, 3.05) is 40.5 Å². The maximum atomic E-state index is 14.2. The van der Waals surface area contributed by atoms with Gasteiger partial charge in [-0.3, -0.25) is 4.90 Å². The van der Waals surface area contributed by atoms with Crippen LogP contribution in [0.3, 0.4) is 0 Å². The maximum Gasteiger partial charge on any atom is 0.338 e. The second-order valence-corrected chi connectivity index (χ2v) is 7.01. The van der Waals surface area contributed by atoms with Gasteiger partial charge in [-0.2, -0.15) is 0 Å². The minimum absolute atomic E-state index is 0.0190. The first-order chi connectivity index (χ1) is 13.8. The third kappa shape index (κ3) is 6.93. The summed E-state index contributed by atoms with van der Waals surface area (Å²) in [6, 6.07) is 4.16. The normalized spacial score (nSPS) is 15.8. The number of benzene rings is 1. The van der Waals surface area contributed by atoms with Gasteiger partial charge in [0.1, 0.15) is 5.75 Å². The fourth-order valence-electron chi connectivity index (χ4n) is 3.18. The summed E-state index contributed by atoms with van der Waals surface area (Å²) in [5.74, 6) is -4.00. The van der Waals surface area contributed by atoms with E-state index in [1.165, 1.54) is 32.4 Å². The van der Waals surface area contributed by atoms with Crippen LogP contribution in [0.2, 0.25) is 0 Å². The maximum absolute atomic E-state index is 14.2. The lowest BCUT2D eigenvalue weighted by molar-refractivity contribution is -0.0535. The molecule has 1 fully saturated rings. The number of carbonyl (C=O) groups is 2. The molecule has 0 radical (unpaired) electrons. The number of nitrogens with zero attached hydrogens (tertiary/aromatic N) is 1. The Morgan fingerprint density at radius 1 is 1.14 bits per heavy atom. The number of rotatable bonds is 9. The number of carbonyl (C=O) groups excluding carboxylic acids is 2. The van der Waals surface area contributed by atoms with Crippen molar-refractivity contribution in [3.8, 4) is 5.75 Å². The van der Waals surface area contributed by atoms with Crippen LogP contribution in [-0.4, -0.2) is 74.4 Å². The molecule has 0 aromatic heterocycles. The van der Waals surface area contributed by atoms with Gasteiger partial charge >= 0.3 is 11.9 Å². The van der Waals surface area contributed by atoms with Gasteiger partial charge in [-0.05, 0) is 37.5 Å². The average Bonchev–Trinajstić information content (AvgIpc) is 2.71. The lowest BCUT2D eigenvalue weighted by Crippen LogP contribution is -2.43. The van der Waals surface area contributed by atoms with Gasteiger partial charge in [-0.25, -0.2) is 18.4 Å². The Bertz CT molecular complexity index is 704. The van der Waals surface area contributed by atoms with Crippen molar-refractivity contribution in [2.45, 2.75) is 37.7 Å². The molecule has 0 amide bonds. The third-order valence-corrected chi connectivity index (χ3v) is 4.77. The van der Waals surface area contributed by atoms with E-state index in [4.69, 9.17) is 4.74 Å². The molecule has 1 aliphatic rings. The molecule has 29 heavy (non-hydrogen) atoms. The van der Waals surface area contributed by atoms with E-state index in [0.29, 0.717) is 25.9 Å². The molecule has 1 N–H and O–H groups in total. The fraction of sp³-hybridized carbons (Fsp3) is 0.600. The summed E-state index contributed by atoms with van der Waals surface area (Å²) in [6.45, 7) is 0.638. The van der Waals surface area contributed by atoms with E-state index >= 15 is 0 Å². The van der Waals surface area contributed by atoms with Crippen LogP contribution >= 0.6 is 0 Å². The third-order valence-electron chi connectivity index (χ3n) is 4.77. The van der Waals surface area contributed by atoms with Crippen LogP contribution in [0.5, 0.6) is 5.75 Å². The van der Waals surface area contributed by atoms with Crippen molar-refractivity contribution in [2.24, 2.45) is 0 Å². The molecule has 2 rings (SSSR count). The number of piperidine rings is 1. The molecule has 0 saturated carbocycles. The van der Waals surface area contributed by atoms with Gasteiger partial charge in [0.05, 0.1) is 44.6 Å². The van der Waals surface area contributed by atoms with Crippen LogP contribution < -0.4 is 4.74 Å². The molecule has 0 aliphatic carbocycles. The number of alkyl halides is 2. The highest BCUT2D eigenvalue weighted by Gasteiger charge is 2.32. The molecule has 1 heterocycles. The molecule has 1 aromatic carbocycles. The van der Waals surface area contributed by atoms with Crippen molar-refractivity contribution in [3.63, 3.8) is 0 Å². The highest BCUT2D eigenvalue weighted by Crippen LogP contribution is 2.25. The Balaban J connectivity index is 1.86. The van der Waals surface area contributed by atoms with Gasteiger partial charge in [0.25, 0.3) is 5.92 Å². The van der Waals surface area contributed by atoms with E-state index in [2.05, 4.69) is 9.47 Å². The van der Waals surface area contributed by atoms with Gasteiger partial charge in [0.2, 0.25) is 0 Å². The Kier molecular flexibility index (Phi) is 8.33. The van der Waals surface area contributed by atoms with E-state index in [0.717, 1.165) is 0 Å². The lowest BCUT2D eigenvalue weighted by atomic mass is 10.1. The Labute approximate surface area is 168 Å². The van der Waals surface area contributed by atoms with Crippen LogP contribution in [0.4, 0.5) is 8.78 Å². The lowest BCUT2D eigenvalue weighted by Gasteiger charge is -2.32. The van der Waals surface area contributed by atoms with E-state index in [-0.39, 0.29) is 42.9 Å². The van der Waals surface area contributed by atoms with Crippen molar-refractivity contribution < 1.29 is 37.7 Å². The van der Waals surface area contributed by atoms with Crippen LogP contribution in [0.1, 0.15) is 46.4 Å². The second kappa shape index (κ2) is 10.5. The summed E-state index contributed by atoms with van der Waals surface area (Å²) in [6.07, 6.45) is 0.423. The average molecular weight is 415 g/mol. The number of ether oxygens (including phenoxy) is 3. The number of methoxy groups -OCH3 is 2. The molecule has 1 aromatic rings. The van der Waals surface area contributed by atoms with Gasteiger partial charge in [0.15, 0.2) is 0 Å². The number of aliphatic hydroxyl groups excluding tert-OH is 1. The van der Waals surface area contributed by atoms with Crippen LogP contribution in [0.25, 0.3) is 0 Å². The predicted octanol–water partition coefficient (Wildman–Crippen LogP) is 2.51. The first-order valence-electron chi connectivity index (χ1n) is 9.47. The monoisotopic (exact) mass is 415 g/mol. The van der Waals surface area contributed by atoms with Crippen molar-refractivity contribution in [1.82, 2.24) is 4.90 Å². The van der Waals surface area contributed by atoms with Gasteiger partial charge in [-0.15, -0.1) is 0 Å². The van der Waals surface area contributed by atoms with E-state index < -0.39 is 24.0 Å². The number of halogens is 2. The molecule has 1 aliphatic heterocycles. The zero-order valence-corrected chi connectivity index (χ0v) is 16.7. The summed E-state index contributed by atoms with van der Waals surface area (Å²) in [5.41, 5.74) is 0.0133. The standard InChI is InChI=1S/C20H27F2NO6/c1-27-18(25)16-5-4-15(12-17(16)19(26)28-2)29-11-3-8-20(21,22)13-23-9-6-14(24)7-10-23/h4-5,12,14,24H,3,6-11,13H2,1-2H3. The Hall–Kier alpha value is -2.26. The molecule has 0 bridgehead atoms. The molecule has 7 nitrogen and oxygen atoms in total. The number of hydrogen-bond acceptors (Lipinski definition) is 7. The molecule has 0 spiro atoms. The quantitative estimate of drug-likeness (QED) is 0.490. The first-order valence-corrected chi connectivity index (χ1v) is 9.47. The van der Waals surface area contributed by atoms with E-state index in [1.807, 2.05) is 0 Å². The van der Waals surface area contributed by atoms with E-state index in [1.54, 1.807) is 4.90 Å². The molecule has 1 saturated heterocycles. The molecule has 162 valence electrons. The van der Waals surface area contributed by atoms with Gasteiger partial charge in [-0.1, -0.05) is 0 Å². The Morgan fingerprint density at radius 2 is 1.76 bits per heavy atom. The number of aliphatic hydroxyl groups is 1. The minimum Gasteiger partial charge on any atom is -0.494 e. The van der Waals surface area contributed by atoms with Crippen molar-refractivity contribution >= 4 is 11.9 Å². The second-order valence-electron chi connectivity index (χ2n) is 7.01. The summed E-state index contributed by atoms with van der Waals surface area (Å²) in [5, 5.41) is 9.45. The zero-order valence-electron chi connectivity index (χ0n) is 16.7. The minimum atomic E-state index is -2.85. The molecule has 0 atom stereocenters. The summed E-state index contributed by atoms with van der Waals surface area (Å²) < 4.78 is 43.1. The van der Waals surface area contributed by atoms with Gasteiger partial charge < -0.3 is 19.3 Å². The largest absolute Gasteiger partial charge is 0.494 e. The highest BCUT2D eigenvalue weighted by molar-refractivity contribution is 6.03.